The van der Waals surface area contributed by atoms with E-state index in [0.717, 1.165) is 35.7 Å². The maximum absolute atomic E-state index is 10.0. The van der Waals surface area contributed by atoms with Crippen LogP contribution in [0.15, 0.2) is 109 Å². The second-order valence-corrected chi connectivity index (χ2v) is 9.23. The van der Waals surface area contributed by atoms with Crippen molar-refractivity contribution < 1.29 is 4.74 Å². The Morgan fingerprint density at radius 2 is 1.06 bits per heavy atom. The second-order valence-electron chi connectivity index (χ2n) is 9.23. The molecule has 1 heterocycles. The summed E-state index contributed by atoms with van der Waals surface area (Å²) in [6, 6.07) is 40.9. The first-order valence-corrected chi connectivity index (χ1v) is 12.0. The first-order valence-electron chi connectivity index (χ1n) is 12.0. The van der Waals surface area contributed by atoms with Gasteiger partial charge in [-0.2, -0.15) is 5.26 Å². The van der Waals surface area contributed by atoms with Gasteiger partial charge in [0.15, 0.2) is 11.5 Å². The molecule has 4 aromatic carbocycles. The van der Waals surface area contributed by atoms with E-state index in [-0.39, 0.29) is 23.8 Å². The molecule has 3 heteroatoms. The van der Waals surface area contributed by atoms with Gasteiger partial charge in [-0.3, -0.25) is 0 Å². The summed E-state index contributed by atoms with van der Waals surface area (Å²) in [6.45, 7) is 0. The van der Waals surface area contributed by atoms with Crippen molar-refractivity contribution in [3.05, 3.63) is 120 Å². The number of hydrogen-bond donors (Lipinski definition) is 0. The van der Waals surface area contributed by atoms with Crippen LogP contribution in [0.1, 0.15) is 35.8 Å². The van der Waals surface area contributed by atoms with E-state index in [0.29, 0.717) is 0 Å². The molecule has 6 rings (SSSR count). The normalized spacial score (nSPS) is 23.2. The predicted octanol–water partition coefficient (Wildman–Crippen LogP) is 7.80. The van der Waals surface area contributed by atoms with Gasteiger partial charge >= 0.3 is 0 Å². The van der Waals surface area contributed by atoms with Gasteiger partial charge in [0, 0.05) is 23.8 Å². The van der Waals surface area contributed by atoms with E-state index in [1.165, 1.54) is 11.1 Å². The molecule has 0 aromatic heterocycles. The number of nitriles is 1. The summed E-state index contributed by atoms with van der Waals surface area (Å²) in [5.41, 5.74) is 4.75. The summed E-state index contributed by atoms with van der Waals surface area (Å²) in [4.78, 5) is 2.50. The number of benzene rings is 4. The third kappa shape index (κ3) is 3.53. The SMILES string of the molecule is N#CC1CC(c2ccccc2)C(N2c3ccccc3Oc3ccccc32)C(c2ccccc2)C1. The van der Waals surface area contributed by atoms with E-state index in [9.17, 15) is 5.26 Å². The van der Waals surface area contributed by atoms with Gasteiger partial charge in [0.1, 0.15) is 0 Å². The molecule has 2 unspecified atom stereocenters. The molecular formula is C31H26N2O. The van der Waals surface area contributed by atoms with Crippen LogP contribution in [0, 0.1) is 17.2 Å². The Labute approximate surface area is 200 Å². The number of hydrogen-bond acceptors (Lipinski definition) is 3. The Balaban J connectivity index is 1.59. The maximum Gasteiger partial charge on any atom is 0.151 e. The van der Waals surface area contributed by atoms with Gasteiger partial charge in [-0.05, 0) is 48.2 Å². The molecule has 1 saturated carbocycles. The summed E-state index contributed by atoms with van der Waals surface area (Å²) < 4.78 is 6.33. The first kappa shape index (κ1) is 20.6. The van der Waals surface area contributed by atoms with Gasteiger partial charge in [-0.25, -0.2) is 0 Å². The lowest BCUT2D eigenvalue weighted by atomic mass is 9.66. The van der Waals surface area contributed by atoms with Gasteiger partial charge in [0.05, 0.1) is 17.4 Å². The zero-order valence-corrected chi connectivity index (χ0v) is 18.9. The third-order valence-electron chi connectivity index (χ3n) is 7.31. The average Bonchev–Trinajstić information content (AvgIpc) is 2.92. The van der Waals surface area contributed by atoms with Crippen LogP contribution in [0.25, 0.3) is 0 Å². The van der Waals surface area contributed by atoms with Gasteiger partial charge in [0.25, 0.3) is 0 Å². The van der Waals surface area contributed by atoms with Gasteiger partial charge < -0.3 is 9.64 Å². The fourth-order valence-corrected chi connectivity index (χ4v) is 5.86. The number of ether oxygens (including phenoxy) is 1. The van der Waals surface area contributed by atoms with Gasteiger partial charge in [-0.15, -0.1) is 0 Å². The molecule has 1 aliphatic heterocycles. The molecule has 0 bridgehead atoms. The van der Waals surface area contributed by atoms with Crippen LogP contribution in [0.2, 0.25) is 0 Å². The second kappa shape index (κ2) is 8.72. The van der Waals surface area contributed by atoms with Crippen molar-refractivity contribution >= 4 is 11.4 Å². The van der Waals surface area contributed by atoms with Crippen LogP contribution in [-0.2, 0) is 0 Å². The highest BCUT2D eigenvalue weighted by Gasteiger charge is 2.45. The van der Waals surface area contributed by atoms with Gasteiger partial charge in [0.2, 0.25) is 0 Å². The summed E-state index contributed by atoms with van der Waals surface area (Å²) in [6.07, 6.45) is 1.69. The Morgan fingerprint density at radius 1 is 0.618 bits per heavy atom. The highest BCUT2D eigenvalue weighted by Crippen LogP contribution is 2.55. The van der Waals surface area contributed by atoms with Crippen molar-refractivity contribution in [2.45, 2.75) is 30.7 Å². The fraction of sp³-hybridized carbons (Fsp3) is 0.194. The molecule has 0 amide bonds. The Hall–Kier alpha value is -4.03. The van der Waals surface area contributed by atoms with Crippen molar-refractivity contribution in [1.82, 2.24) is 0 Å². The van der Waals surface area contributed by atoms with E-state index in [2.05, 4.69) is 95.9 Å². The highest BCUT2D eigenvalue weighted by molar-refractivity contribution is 5.79. The minimum absolute atomic E-state index is 0.0122. The van der Waals surface area contributed by atoms with Crippen LogP contribution >= 0.6 is 0 Å². The molecule has 2 atom stereocenters. The lowest BCUT2D eigenvalue weighted by Crippen LogP contribution is -2.46. The molecule has 0 N–H and O–H groups in total. The fourth-order valence-electron chi connectivity index (χ4n) is 5.86. The molecule has 166 valence electrons. The average molecular weight is 443 g/mol. The number of para-hydroxylation sites is 4. The van der Waals surface area contributed by atoms with Crippen LogP contribution < -0.4 is 9.64 Å². The Kier molecular flexibility index (Phi) is 5.28. The summed E-state index contributed by atoms with van der Waals surface area (Å²) in [5.74, 6) is 2.16. The minimum Gasteiger partial charge on any atom is -0.453 e. The third-order valence-corrected chi connectivity index (χ3v) is 7.31. The van der Waals surface area contributed by atoms with E-state index < -0.39 is 0 Å². The first-order chi connectivity index (χ1) is 16.8. The number of nitrogens with zero attached hydrogens (tertiary/aromatic N) is 2. The molecule has 0 saturated heterocycles. The van der Waals surface area contributed by atoms with Crippen molar-refractivity contribution in [3.8, 4) is 17.6 Å². The van der Waals surface area contributed by atoms with Crippen LogP contribution in [0.4, 0.5) is 11.4 Å². The minimum atomic E-state index is 0.0122. The monoisotopic (exact) mass is 442 g/mol. The zero-order chi connectivity index (χ0) is 22.9. The molecule has 1 aliphatic carbocycles. The largest absolute Gasteiger partial charge is 0.453 e. The van der Waals surface area contributed by atoms with E-state index in [1.54, 1.807) is 0 Å². The molecule has 4 aromatic rings. The van der Waals surface area contributed by atoms with Gasteiger partial charge in [-0.1, -0.05) is 84.9 Å². The summed E-state index contributed by atoms with van der Waals surface area (Å²) in [7, 11) is 0. The Bertz CT molecular complexity index is 1230. The quantitative estimate of drug-likeness (QED) is 0.325. The van der Waals surface area contributed by atoms with Crippen LogP contribution in [-0.4, -0.2) is 6.04 Å². The smallest absolute Gasteiger partial charge is 0.151 e. The standard InChI is InChI=1S/C31H26N2O/c32-21-22-19-25(23-11-3-1-4-12-23)31(26(20-22)24-13-5-2-6-14-24)33-27-15-7-9-17-29(27)34-30-18-10-8-16-28(30)33/h1-18,22,25-26,31H,19-20H2. The molecular weight excluding hydrogens is 416 g/mol. The maximum atomic E-state index is 10.0. The van der Waals surface area contributed by atoms with Crippen molar-refractivity contribution in [2.75, 3.05) is 4.90 Å². The van der Waals surface area contributed by atoms with Crippen molar-refractivity contribution in [2.24, 2.45) is 5.92 Å². The summed E-state index contributed by atoms with van der Waals surface area (Å²) >= 11 is 0. The number of rotatable bonds is 3. The molecule has 2 aliphatic rings. The zero-order valence-electron chi connectivity index (χ0n) is 18.9. The molecule has 34 heavy (non-hydrogen) atoms. The predicted molar refractivity (Wildman–Crippen MR) is 136 cm³/mol. The van der Waals surface area contributed by atoms with Crippen molar-refractivity contribution in [3.63, 3.8) is 0 Å². The molecule has 3 nitrogen and oxygen atoms in total. The number of fused-ring (bicyclic) bond motifs is 2. The molecule has 0 radical (unpaired) electrons. The Morgan fingerprint density at radius 3 is 1.53 bits per heavy atom. The topological polar surface area (TPSA) is 36.3 Å². The molecule has 1 fully saturated rings. The van der Waals surface area contributed by atoms with Crippen molar-refractivity contribution in [1.29, 1.82) is 5.26 Å². The van der Waals surface area contributed by atoms with E-state index in [1.807, 2.05) is 24.3 Å². The highest BCUT2D eigenvalue weighted by atomic mass is 16.5. The van der Waals surface area contributed by atoms with E-state index >= 15 is 0 Å². The lowest BCUT2D eigenvalue weighted by Gasteiger charge is -2.49. The van der Waals surface area contributed by atoms with E-state index in [4.69, 9.17) is 4.74 Å². The molecule has 0 spiro atoms. The summed E-state index contributed by atoms with van der Waals surface area (Å²) in [5, 5.41) is 10.0. The number of anilines is 2. The van der Waals surface area contributed by atoms with Crippen LogP contribution in [0.5, 0.6) is 11.5 Å². The van der Waals surface area contributed by atoms with Crippen LogP contribution in [0.3, 0.4) is 0 Å². The lowest BCUT2D eigenvalue weighted by molar-refractivity contribution is 0.288.